The largest absolute Gasteiger partial charge is 0.475 e. The van der Waals surface area contributed by atoms with Crippen molar-refractivity contribution in [2.45, 2.75) is 40.2 Å². The molecule has 0 spiro atoms. The minimum absolute atomic E-state index is 0.0630. The molecule has 3 rings (SSSR count). The highest BCUT2D eigenvalue weighted by molar-refractivity contribution is 6.30. The van der Waals surface area contributed by atoms with Crippen LogP contribution < -0.4 is 0 Å². The summed E-state index contributed by atoms with van der Waals surface area (Å²) in [7, 11) is 0. The lowest BCUT2D eigenvalue weighted by atomic mass is 9.98. The Morgan fingerprint density at radius 2 is 1.86 bits per heavy atom. The molecule has 0 atom stereocenters. The average Bonchev–Trinajstić information content (AvgIpc) is 2.65. The van der Waals surface area contributed by atoms with Crippen LogP contribution >= 0.6 is 11.6 Å². The third-order valence-corrected chi connectivity index (χ3v) is 4.63. The molecule has 0 saturated carbocycles. The zero-order chi connectivity index (χ0) is 20.1. The van der Waals surface area contributed by atoms with E-state index < -0.39 is 0 Å². The molecule has 2 aromatic carbocycles. The molecule has 146 valence electrons. The molecule has 0 saturated heterocycles. The number of hydrogen-bond donors (Lipinski definition) is 0. The lowest BCUT2D eigenvalue weighted by Gasteiger charge is -2.26. The number of rotatable bonds is 6. The van der Waals surface area contributed by atoms with Crippen molar-refractivity contribution in [2.75, 3.05) is 6.67 Å². The summed E-state index contributed by atoms with van der Waals surface area (Å²) in [5.74, 6) is 0.727. The molecule has 0 radical (unpaired) electrons. The van der Waals surface area contributed by atoms with Crippen molar-refractivity contribution < 1.29 is 4.74 Å². The minimum Gasteiger partial charge on any atom is -0.475 e. The van der Waals surface area contributed by atoms with E-state index in [0.29, 0.717) is 13.1 Å². The van der Waals surface area contributed by atoms with Crippen LogP contribution in [0.25, 0.3) is 0 Å². The number of halogens is 1. The van der Waals surface area contributed by atoms with Gasteiger partial charge in [0.15, 0.2) is 0 Å². The predicted octanol–water partition coefficient (Wildman–Crippen LogP) is 5.60. The quantitative estimate of drug-likeness (QED) is 0.597. The standard InChI is InChI=1S/C23H26ClN3O/c1-16(2)28-23-13-18(4)25-15-27(23)26-22(21-8-6-5-7-17(21)3)14-19-9-11-20(24)12-10-19/h5-13,16H,14-15H2,1-4H3/b26-22+. The first-order valence-corrected chi connectivity index (χ1v) is 9.85. The zero-order valence-corrected chi connectivity index (χ0v) is 17.6. The molecule has 0 aromatic heterocycles. The average molecular weight is 396 g/mol. The van der Waals surface area contributed by atoms with Crippen LogP contribution in [0.3, 0.4) is 0 Å². The summed E-state index contributed by atoms with van der Waals surface area (Å²) in [6, 6.07) is 16.2. The summed E-state index contributed by atoms with van der Waals surface area (Å²) in [6.07, 6.45) is 2.69. The van der Waals surface area contributed by atoms with Gasteiger partial charge in [-0.15, -0.1) is 0 Å². The van der Waals surface area contributed by atoms with Crippen molar-refractivity contribution in [3.8, 4) is 0 Å². The van der Waals surface area contributed by atoms with Crippen LogP contribution in [0.2, 0.25) is 5.02 Å². The monoisotopic (exact) mass is 395 g/mol. The van der Waals surface area contributed by atoms with Gasteiger partial charge in [0.1, 0.15) is 6.67 Å². The van der Waals surface area contributed by atoms with Crippen molar-refractivity contribution in [1.29, 1.82) is 0 Å². The molecule has 2 aromatic rings. The topological polar surface area (TPSA) is 37.2 Å². The molecule has 5 heteroatoms. The fraction of sp³-hybridized carbons (Fsp3) is 0.304. The Morgan fingerprint density at radius 1 is 1.14 bits per heavy atom. The summed E-state index contributed by atoms with van der Waals surface area (Å²) >= 11 is 6.05. The highest BCUT2D eigenvalue weighted by atomic mass is 35.5. The van der Waals surface area contributed by atoms with E-state index in [0.717, 1.165) is 33.5 Å². The molecule has 0 fully saturated rings. The molecule has 4 nitrogen and oxygen atoms in total. The molecule has 0 bridgehead atoms. The Labute approximate surface area is 172 Å². The van der Waals surface area contributed by atoms with E-state index in [9.17, 15) is 0 Å². The molecule has 0 unspecified atom stereocenters. The molecular formula is C23H26ClN3O. The number of hydrazone groups is 1. The second kappa shape index (κ2) is 9.07. The molecule has 0 N–H and O–H groups in total. The van der Waals surface area contributed by atoms with Crippen LogP contribution in [-0.4, -0.2) is 29.2 Å². The van der Waals surface area contributed by atoms with Gasteiger partial charge in [-0.25, -0.2) is 5.01 Å². The normalized spacial score (nSPS) is 14.8. The first-order valence-electron chi connectivity index (χ1n) is 9.47. The third kappa shape index (κ3) is 5.23. The van der Waals surface area contributed by atoms with Gasteiger partial charge in [-0.2, -0.15) is 5.10 Å². The van der Waals surface area contributed by atoms with Gasteiger partial charge in [0.25, 0.3) is 0 Å². The molecule has 0 aliphatic carbocycles. The summed E-state index contributed by atoms with van der Waals surface area (Å²) in [4.78, 5) is 4.52. The van der Waals surface area contributed by atoms with Crippen LogP contribution in [0.15, 0.2) is 70.6 Å². The van der Waals surface area contributed by atoms with E-state index in [1.165, 1.54) is 5.56 Å². The van der Waals surface area contributed by atoms with E-state index in [1.54, 1.807) is 0 Å². The molecule has 28 heavy (non-hydrogen) atoms. The Bertz CT molecular complexity index is 914. The van der Waals surface area contributed by atoms with Gasteiger partial charge in [-0.1, -0.05) is 48.0 Å². The smallest absolute Gasteiger partial charge is 0.213 e. The number of aryl methyl sites for hydroxylation is 1. The summed E-state index contributed by atoms with van der Waals surface area (Å²) in [5, 5.41) is 7.54. The van der Waals surface area contributed by atoms with E-state index in [-0.39, 0.29) is 6.10 Å². The first kappa shape index (κ1) is 20.2. The van der Waals surface area contributed by atoms with Gasteiger partial charge in [0.05, 0.1) is 11.8 Å². The molecule has 0 amide bonds. The SMILES string of the molecule is CC1=NCN(/N=C(\Cc2ccc(Cl)cc2)c2ccccc2C)C(OC(C)C)=C1. The van der Waals surface area contributed by atoms with Crippen LogP contribution in [0.4, 0.5) is 0 Å². The fourth-order valence-corrected chi connectivity index (χ4v) is 3.11. The predicted molar refractivity (Wildman–Crippen MR) is 117 cm³/mol. The number of aliphatic imine (C=N–C) groups is 1. The Balaban J connectivity index is 1.99. The van der Waals surface area contributed by atoms with Crippen LogP contribution in [0.5, 0.6) is 0 Å². The minimum atomic E-state index is 0.0630. The number of ether oxygens (including phenoxy) is 1. The van der Waals surface area contributed by atoms with Gasteiger partial charge in [-0.3, -0.25) is 4.99 Å². The van der Waals surface area contributed by atoms with Gasteiger partial charge >= 0.3 is 0 Å². The summed E-state index contributed by atoms with van der Waals surface area (Å²) in [6.45, 7) is 8.55. The van der Waals surface area contributed by atoms with Crippen LogP contribution in [-0.2, 0) is 11.2 Å². The van der Waals surface area contributed by atoms with Crippen molar-refractivity contribution in [2.24, 2.45) is 10.1 Å². The Morgan fingerprint density at radius 3 is 2.54 bits per heavy atom. The van der Waals surface area contributed by atoms with Crippen LogP contribution in [0.1, 0.15) is 37.5 Å². The van der Waals surface area contributed by atoms with Crippen molar-refractivity contribution >= 4 is 23.0 Å². The highest BCUT2D eigenvalue weighted by Gasteiger charge is 2.18. The maximum absolute atomic E-state index is 6.05. The number of benzene rings is 2. The van der Waals surface area contributed by atoms with E-state index in [4.69, 9.17) is 21.4 Å². The lowest BCUT2D eigenvalue weighted by Crippen LogP contribution is -2.28. The molecule has 1 aliphatic heterocycles. The second-order valence-corrected chi connectivity index (χ2v) is 7.59. The maximum atomic E-state index is 6.05. The van der Waals surface area contributed by atoms with E-state index in [2.05, 4.69) is 24.0 Å². The van der Waals surface area contributed by atoms with Crippen LogP contribution in [0, 0.1) is 6.92 Å². The maximum Gasteiger partial charge on any atom is 0.213 e. The fourth-order valence-electron chi connectivity index (χ4n) is 2.99. The van der Waals surface area contributed by atoms with Gasteiger partial charge in [0, 0.05) is 28.8 Å². The summed E-state index contributed by atoms with van der Waals surface area (Å²) in [5.41, 5.74) is 5.36. The van der Waals surface area contributed by atoms with Gasteiger partial charge in [0.2, 0.25) is 5.88 Å². The second-order valence-electron chi connectivity index (χ2n) is 7.15. The number of hydrogen-bond acceptors (Lipinski definition) is 4. The first-order chi connectivity index (χ1) is 13.4. The lowest BCUT2D eigenvalue weighted by molar-refractivity contribution is 0.0717. The van der Waals surface area contributed by atoms with Crippen molar-refractivity contribution in [1.82, 2.24) is 5.01 Å². The highest BCUT2D eigenvalue weighted by Crippen LogP contribution is 2.20. The summed E-state index contributed by atoms with van der Waals surface area (Å²) < 4.78 is 5.99. The number of nitrogens with zero attached hydrogens (tertiary/aromatic N) is 3. The van der Waals surface area contributed by atoms with Gasteiger partial charge < -0.3 is 4.74 Å². The Hall–Kier alpha value is -2.59. The number of allylic oxidation sites excluding steroid dienone is 1. The van der Waals surface area contributed by atoms with Crippen molar-refractivity contribution in [3.63, 3.8) is 0 Å². The Kier molecular flexibility index (Phi) is 6.53. The van der Waals surface area contributed by atoms with E-state index in [1.807, 2.05) is 68.3 Å². The molecule has 1 heterocycles. The van der Waals surface area contributed by atoms with E-state index >= 15 is 0 Å². The molecular weight excluding hydrogens is 370 g/mol. The van der Waals surface area contributed by atoms with Crippen molar-refractivity contribution in [3.05, 3.63) is 82.2 Å². The zero-order valence-electron chi connectivity index (χ0n) is 16.8. The third-order valence-electron chi connectivity index (χ3n) is 4.38. The van der Waals surface area contributed by atoms with Gasteiger partial charge in [-0.05, 0) is 51.0 Å². The molecule has 1 aliphatic rings.